The first-order valence-electron chi connectivity index (χ1n) is 10.0. The first-order chi connectivity index (χ1) is 14.4. The monoisotopic (exact) mass is 447 g/mol. The second-order valence-corrected chi connectivity index (χ2v) is 10.4. The number of amides is 1. The molecule has 30 heavy (non-hydrogen) atoms. The molecular weight excluding hydrogens is 424 g/mol. The van der Waals surface area contributed by atoms with E-state index in [1.54, 1.807) is 19.1 Å². The molecule has 3 heterocycles. The number of aliphatic hydroxyl groups is 1. The van der Waals surface area contributed by atoms with Gasteiger partial charge in [0.1, 0.15) is 5.37 Å². The Hall–Kier alpha value is -1.81. The number of nitrogens with zero attached hydrogens (tertiary/aromatic N) is 2. The van der Waals surface area contributed by atoms with Gasteiger partial charge in [0.15, 0.2) is 5.78 Å². The lowest BCUT2D eigenvalue weighted by Crippen LogP contribution is -2.62. The van der Waals surface area contributed by atoms with Gasteiger partial charge in [0, 0.05) is 17.4 Å². The van der Waals surface area contributed by atoms with E-state index in [0.29, 0.717) is 29.3 Å². The number of hydrogen-bond donors (Lipinski definition) is 1. The number of aliphatic carboxylic acids is 1. The molecule has 2 fully saturated rings. The zero-order valence-corrected chi connectivity index (χ0v) is 18.2. The molecule has 0 unspecified atom stereocenters. The molecule has 1 aromatic rings. The summed E-state index contributed by atoms with van der Waals surface area (Å²) in [4.78, 5) is 39.9. The highest BCUT2D eigenvalue weighted by Crippen LogP contribution is 2.55. The summed E-state index contributed by atoms with van der Waals surface area (Å²) in [5.74, 6) is -2.22. The summed E-state index contributed by atoms with van der Waals surface area (Å²) in [5, 5.41) is 21.6. The van der Waals surface area contributed by atoms with Crippen LogP contribution in [0.15, 0.2) is 40.3 Å². The molecule has 0 aliphatic carbocycles. The van der Waals surface area contributed by atoms with Crippen LogP contribution < -0.4 is 5.11 Å². The number of thioether (sulfide) groups is 2. The fourth-order valence-corrected chi connectivity index (χ4v) is 7.40. The summed E-state index contributed by atoms with van der Waals surface area (Å²) in [6, 6.07) is 9.17. The molecule has 3 aliphatic rings. The Labute approximate surface area is 183 Å². The van der Waals surface area contributed by atoms with Gasteiger partial charge in [-0.05, 0) is 19.4 Å². The number of carboxylic acids is 1. The van der Waals surface area contributed by atoms with Gasteiger partial charge in [0.05, 0.1) is 34.5 Å². The summed E-state index contributed by atoms with van der Waals surface area (Å²) in [7, 11) is 0. The first kappa shape index (κ1) is 21.4. The minimum atomic E-state index is -1.36. The molecular formula is C21H23N2O5S2-. The largest absolute Gasteiger partial charge is 0.543 e. The van der Waals surface area contributed by atoms with Gasteiger partial charge in [-0.25, -0.2) is 0 Å². The maximum atomic E-state index is 12.4. The van der Waals surface area contributed by atoms with Crippen molar-refractivity contribution in [1.82, 2.24) is 9.80 Å². The van der Waals surface area contributed by atoms with Crippen LogP contribution in [0.3, 0.4) is 0 Å². The molecule has 2 saturated heterocycles. The Balaban J connectivity index is 1.39. The molecule has 1 amide bonds. The Kier molecular flexibility index (Phi) is 6.24. The van der Waals surface area contributed by atoms with E-state index in [1.807, 2.05) is 18.2 Å². The molecule has 3 aliphatic heterocycles. The van der Waals surface area contributed by atoms with Gasteiger partial charge in [-0.2, -0.15) is 0 Å². The second-order valence-electron chi connectivity index (χ2n) is 7.69. The molecule has 0 bridgehead atoms. The summed E-state index contributed by atoms with van der Waals surface area (Å²) in [6.07, 6.45) is 0.498. The van der Waals surface area contributed by atoms with Crippen molar-refractivity contribution in [1.29, 1.82) is 0 Å². The summed E-state index contributed by atoms with van der Waals surface area (Å²) in [5.41, 5.74) is 0.615. The van der Waals surface area contributed by atoms with E-state index in [9.17, 15) is 24.6 Å². The second kappa shape index (κ2) is 8.74. The van der Waals surface area contributed by atoms with Crippen molar-refractivity contribution in [3.8, 4) is 0 Å². The third kappa shape index (κ3) is 3.91. The van der Waals surface area contributed by atoms with Crippen molar-refractivity contribution in [2.24, 2.45) is 5.92 Å². The predicted octanol–water partition coefficient (Wildman–Crippen LogP) is 0.898. The lowest BCUT2D eigenvalue weighted by atomic mass is 9.90. The molecule has 160 valence electrons. The number of benzene rings is 1. The highest BCUT2D eigenvalue weighted by atomic mass is 32.2. The Morgan fingerprint density at radius 2 is 2.07 bits per heavy atom. The van der Waals surface area contributed by atoms with Crippen molar-refractivity contribution < 1.29 is 24.6 Å². The lowest BCUT2D eigenvalue weighted by molar-refractivity contribution is -0.301. The number of hydrogen-bond acceptors (Lipinski definition) is 8. The predicted molar refractivity (Wildman–Crippen MR) is 113 cm³/mol. The van der Waals surface area contributed by atoms with Gasteiger partial charge in [-0.1, -0.05) is 49.0 Å². The molecule has 0 saturated carbocycles. The van der Waals surface area contributed by atoms with Gasteiger partial charge < -0.3 is 15.0 Å². The van der Waals surface area contributed by atoms with Crippen LogP contribution >= 0.6 is 23.5 Å². The number of rotatable bonds is 8. The van der Waals surface area contributed by atoms with Crippen LogP contribution in [-0.4, -0.2) is 68.9 Å². The zero-order valence-electron chi connectivity index (χ0n) is 16.5. The molecule has 7 nitrogen and oxygen atoms in total. The van der Waals surface area contributed by atoms with E-state index in [0.717, 1.165) is 13.0 Å². The zero-order chi connectivity index (χ0) is 21.4. The average Bonchev–Trinajstić information content (AvgIpc) is 3.31. The molecule has 4 atom stereocenters. The van der Waals surface area contributed by atoms with Crippen LogP contribution in [0.4, 0.5) is 0 Å². The van der Waals surface area contributed by atoms with Gasteiger partial charge in [-0.15, -0.1) is 11.8 Å². The summed E-state index contributed by atoms with van der Waals surface area (Å²) in [6.45, 7) is 3.57. The van der Waals surface area contributed by atoms with Crippen LogP contribution in [0.25, 0.3) is 0 Å². The fraction of sp³-hybridized carbons (Fsp3) is 0.476. The van der Waals surface area contributed by atoms with Gasteiger partial charge >= 0.3 is 0 Å². The maximum Gasteiger partial charge on any atom is 0.236 e. The minimum Gasteiger partial charge on any atom is -0.543 e. The molecule has 0 radical (unpaired) electrons. The van der Waals surface area contributed by atoms with Crippen molar-refractivity contribution in [3.05, 3.63) is 45.8 Å². The number of carbonyl (C=O) groups is 3. The Bertz CT molecular complexity index is 891. The van der Waals surface area contributed by atoms with Crippen molar-refractivity contribution in [2.75, 3.05) is 19.6 Å². The van der Waals surface area contributed by atoms with Crippen LogP contribution in [0.5, 0.6) is 0 Å². The third-order valence-corrected chi connectivity index (χ3v) is 8.59. The van der Waals surface area contributed by atoms with Crippen LogP contribution in [0, 0.1) is 5.92 Å². The van der Waals surface area contributed by atoms with Crippen LogP contribution in [-0.2, 0) is 9.59 Å². The van der Waals surface area contributed by atoms with Crippen molar-refractivity contribution >= 4 is 41.2 Å². The molecule has 1 N–H and O–H groups in total. The van der Waals surface area contributed by atoms with Gasteiger partial charge in [-0.3, -0.25) is 19.4 Å². The summed E-state index contributed by atoms with van der Waals surface area (Å²) >= 11 is 2.77. The average molecular weight is 448 g/mol. The molecule has 4 rings (SSSR count). The van der Waals surface area contributed by atoms with E-state index in [-0.39, 0.29) is 28.0 Å². The quantitative estimate of drug-likeness (QED) is 0.463. The third-order valence-electron chi connectivity index (χ3n) is 5.74. The number of ketones is 1. The number of Topliss-reactive ketones (excluding diaryl/α,β-unsaturated/α-hetero) is 1. The normalized spacial score (nSPS) is 27.2. The number of β-lactam (4-membered cyclic amide) rings is 1. The molecule has 0 aromatic heterocycles. The number of aliphatic hydroxyl groups excluding tert-OH is 1. The van der Waals surface area contributed by atoms with Crippen LogP contribution in [0.2, 0.25) is 0 Å². The minimum absolute atomic E-state index is 0.0669. The van der Waals surface area contributed by atoms with Gasteiger partial charge in [0.25, 0.3) is 0 Å². The summed E-state index contributed by atoms with van der Waals surface area (Å²) < 4.78 is 0.570. The fourth-order valence-electron chi connectivity index (χ4n) is 4.09. The van der Waals surface area contributed by atoms with Gasteiger partial charge in [0.2, 0.25) is 5.91 Å². The number of carboxylic acid groups (broad SMARTS) is 1. The van der Waals surface area contributed by atoms with Crippen LogP contribution in [0.1, 0.15) is 30.1 Å². The topological polar surface area (TPSA) is 101 Å². The van der Waals surface area contributed by atoms with Crippen molar-refractivity contribution in [3.63, 3.8) is 0 Å². The van der Waals surface area contributed by atoms with Crippen molar-refractivity contribution in [2.45, 2.75) is 36.5 Å². The molecule has 9 heteroatoms. The highest BCUT2D eigenvalue weighted by Gasteiger charge is 2.57. The maximum absolute atomic E-state index is 12.4. The lowest BCUT2D eigenvalue weighted by Gasteiger charge is -2.45. The highest BCUT2D eigenvalue weighted by molar-refractivity contribution is 8.23. The first-order valence-corrected chi connectivity index (χ1v) is 11.8. The SMILES string of the molecule is CC[C@H](O)[C@@H]1C(=O)N2C(C(=O)[O-])=C(S[C@@H]3CCN(CC(=O)c4ccccc4)C3)S[C@H]12. The standard InChI is InChI=1S/C21H24N2O5S2/c1-2-14(24)16-18(26)23-17(20(27)28)21(30-19(16)23)29-13-8-9-22(10-13)11-15(25)12-6-4-3-5-7-12/h3-7,13-14,16,19,24H,2,8-11H2,1H3,(H,27,28)/p-1/t13-,14+,16-,19-/m1/s1. The van der Waals surface area contributed by atoms with E-state index in [4.69, 9.17) is 0 Å². The number of likely N-dealkylation sites (tertiary alicyclic amines) is 1. The Morgan fingerprint density at radius 1 is 1.33 bits per heavy atom. The Morgan fingerprint density at radius 3 is 2.73 bits per heavy atom. The van der Waals surface area contributed by atoms with E-state index in [2.05, 4.69) is 4.90 Å². The number of fused-ring (bicyclic) bond motifs is 1. The molecule has 1 aromatic carbocycles. The molecule has 0 spiro atoms. The van der Waals surface area contributed by atoms with E-state index >= 15 is 0 Å². The number of carbonyl (C=O) groups excluding carboxylic acids is 3. The smallest absolute Gasteiger partial charge is 0.236 e. The van der Waals surface area contributed by atoms with E-state index < -0.39 is 18.0 Å². The van der Waals surface area contributed by atoms with E-state index in [1.165, 1.54) is 28.4 Å².